The van der Waals surface area contributed by atoms with Crippen LogP contribution >= 0.6 is 0 Å². The van der Waals surface area contributed by atoms with Gasteiger partial charge >= 0.3 is 0 Å². The van der Waals surface area contributed by atoms with Crippen LogP contribution in [0.2, 0.25) is 0 Å². The van der Waals surface area contributed by atoms with Crippen LogP contribution in [0.5, 0.6) is 0 Å². The molecule has 0 bridgehead atoms. The molecule has 1 unspecified atom stereocenters. The highest BCUT2D eigenvalue weighted by atomic mass is 16.3. The number of rotatable bonds is 4. The van der Waals surface area contributed by atoms with Crippen LogP contribution in [0.15, 0.2) is 16.7 Å². The maximum Gasteiger partial charge on any atom is 0.120 e. The lowest BCUT2D eigenvalue weighted by molar-refractivity contribution is 0.384. The van der Waals surface area contributed by atoms with Crippen molar-refractivity contribution in [2.45, 2.75) is 19.9 Å². The SMILES string of the molecule is Cc1ccoc1CNCC1CCN(C)C1. The molecule has 2 rings (SSSR count). The Labute approximate surface area is 91.4 Å². The van der Waals surface area contributed by atoms with Crippen molar-refractivity contribution in [3.05, 3.63) is 23.7 Å². The predicted octanol–water partition coefficient (Wildman–Crippen LogP) is 1.63. The zero-order valence-corrected chi connectivity index (χ0v) is 9.62. The Balaban J connectivity index is 1.69. The van der Waals surface area contributed by atoms with Gasteiger partial charge in [-0.2, -0.15) is 0 Å². The first-order chi connectivity index (χ1) is 7.25. The molecule has 3 nitrogen and oxygen atoms in total. The van der Waals surface area contributed by atoms with E-state index in [1.165, 1.54) is 25.1 Å². The van der Waals surface area contributed by atoms with E-state index in [1.807, 2.05) is 6.07 Å². The molecule has 0 radical (unpaired) electrons. The summed E-state index contributed by atoms with van der Waals surface area (Å²) in [4.78, 5) is 2.39. The largest absolute Gasteiger partial charge is 0.468 e. The number of likely N-dealkylation sites (tertiary alicyclic amines) is 1. The number of furan rings is 1. The lowest BCUT2D eigenvalue weighted by Gasteiger charge is -2.10. The zero-order chi connectivity index (χ0) is 10.7. The molecule has 1 N–H and O–H groups in total. The molecule has 1 fully saturated rings. The van der Waals surface area contributed by atoms with Gasteiger partial charge in [0.2, 0.25) is 0 Å². The van der Waals surface area contributed by atoms with Gasteiger partial charge in [-0.05, 0) is 51.0 Å². The standard InChI is InChI=1S/C12H20N2O/c1-10-4-6-15-12(10)8-13-7-11-3-5-14(2)9-11/h4,6,11,13H,3,5,7-9H2,1-2H3. The Morgan fingerprint density at radius 3 is 3.07 bits per heavy atom. The fourth-order valence-electron chi connectivity index (χ4n) is 2.17. The van der Waals surface area contributed by atoms with E-state index < -0.39 is 0 Å². The Morgan fingerprint density at radius 1 is 1.60 bits per heavy atom. The molecule has 1 atom stereocenters. The van der Waals surface area contributed by atoms with Gasteiger partial charge in [-0.25, -0.2) is 0 Å². The van der Waals surface area contributed by atoms with Crippen molar-refractivity contribution >= 4 is 0 Å². The normalized spacial score (nSPS) is 22.4. The summed E-state index contributed by atoms with van der Waals surface area (Å²) >= 11 is 0. The molecule has 0 spiro atoms. The molecule has 1 aliphatic heterocycles. The second-order valence-corrected chi connectivity index (χ2v) is 4.57. The van der Waals surface area contributed by atoms with E-state index in [9.17, 15) is 0 Å². The maximum absolute atomic E-state index is 5.38. The molecule has 0 aliphatic carbocycles. The second-order valence-electron chi connectivity index (χ2n) is 4.57. The summed E-state index contributed by atoms with van der Waals surface area (Å²) in [6, 6.07) is 2.01. The number of hydrogen-bond donors (Lipinski definition) is 1. The number of aryl methyl sites for hydroxylation is 1. The third kappa shape index (κ3) is 2.83. The second kappa shape index (κ2) is 4.81. The van der Waals surface area contributed by atoms with Gasteiger partial charge in [-0.15, -0.1) is 0 Å². The number of hydrogen-bond acceptors (Lipinski definition) is 3. The molecule has 84 valence electrons. The highest BCUT2D eigenvalue weighted by molar-refractivity contribution is 5.14. The van der Waals surface area contributed by atoms with Crippen molar-refractivity contribution in [3.63, 3.8) is 0 Å². The van der Waals surface area contributed by atoms with Crippen molar-refractivity contribution < 1.29 is 4.42 Å². The first-order valence-electron chi connectivity index (χ1n) is 5.68. The molecule has 15 heavy (non-hydrogen) atoms. The Hall–Kier alpha value is -0.800. The van der Waals surface area contributed by atoms with Crippen LogP contribution in [0.1, 0.15) is 17.7 Å². The Morgan fingerprint density at radius 2 is 2.47 bits per heavy atom. The summed E-state index contributed by atoms with van der Waals surface area (Å²) in [5, 5.41) is 3.47. The zero-order valence-electron chi connectivity index (χ0n) is 9.62. The summed E-state index contributed by atoms with van der Waals surface area (Å²) in [6.07, 6.45) is 3.08. The van der Waals surface area contributed by atoms with E-state index in [0.717, 1.165) is 24.8 Å². The molecule has 0 amide bonds. The smallest absolute Gasteiger partial charge is 0.120 e. The molecule has 2 heterocycles. The molecule has 1 aromatic heterocycles. The van der Waals surface area contributed by atoms with E-state index >= 15 is 0 Å². The molecule has 1 aromatic rings. The van der Waals surface area contributed by atoms with Crippen LogP contribution in [0.4, 0.5) is 0 Å². The van der Waals surface area contributed by atoms with Crippen molar-refractivity contribution in [1.29, 1.82) is 0 Å². The van der Waals surface area contributed by atoms with E-state index in [-0.39, 0.29) is 0 Å². The van der Waals surface area contributed by atoms with Gasteiger partial charge in [-0.1, -0.05) is 0 Å². The molecular formula is C12H20N2O. The van der Waals surface area contributed by atoms with E-state index in [1.54, 1.807) is 6.26 Å². The van der Waals surface area contributed by atoms with Gasteiger partial charge in [0.25, 0.3) is 0 Å². The van der Waals surface area contributed by atoms with Crippen molar-refractivity contribution in [3.8, 4) is 0 Å². The average Bonchev–Trinajstić information content (AvgIpc) is 2.77. The average molecular weight is 208 g/mol. The first-order valence-corrected chi connectivity index (χ1v) is 5.68. The van der Waals surface area contributed by atoms with Gasteiger partial charge in [-0.3, -0.25) is 0 Å². The maximum atomic E-state index is 5.38. The summed E-state index contributed by atoms with van der Waals surface area (Å²) in [5.41, 5.74) is 1.24. The quantitative estimate of drug-likeness (QED) is 0.815. The molecule has 1 saturated heterocycles. The van der Waals surface area contributed by atoms with Gasteiger partial charge in [0, 0.05) is 6.54 Å². The minimum atomic E-state index is 0.810. The third-order valence-corrected chi connectivity index (χ3v) is 3.18. The third-order valence-electron chi connectivity index (χ3n) is 3.18. The lowest BCUT2D eigenvalue weighted by Crippen LogP contribution is -2.24. The topological polar surface area (TPSA) is 28.4 Å². The van der Waals surface area contributed by atoms with Crippen molar-refractivity contribution in [1.82, 2.24) is 10.2 Å². The van der Waals surface area contributed by atoms with E-state index in [0.29, 0.717) is 0 Å². The van der Waals surface area contributed by atoms with E-state index in [4.69, 9.17) is 4.42 Å². The van der Waals surface area contributed by atoms with Crippen LogP contribution in [0, 0.1) is 12.8 Å². The Bertz CT molecular complexity index is 308. The monoisotopic (exact) mass is 208 g/mol. The number of nitrogens with zero attached hydrogens (tertiary/aromatic N) is 1. The van der Waals surface area contributed by atoms with Gasteiger partial charge < -0.3 is 14.6 Å². The van der Waals surface area contributed by atoms with Gasteiger partial charge in [0.05, 0.1) is 12.8 Å². The van der Waals surface area contributed by atoms with Crippen molar-refractivity contribution in [2.24, 2.45) is 5.92 Å². The van der Waals surface area contributed by atoms with Crippen LogP contribution in [0.25, 0.3) is 0 Å². The summed E-state index contributed by atoms with van der Waals surface area (Å²) in [6.45, 7) is 6.52. The number of nitrogens with one attached hydrogen (secondary N) is 1. The van der Waals surface area contributed by atoms with E-state index in [2.05, 4.69) is 24.2 Å². The fourth-order valence-corrected chi connectivity index (χ4v) is 2.17. The fraction of sp³-hybridized carbons (Fsp3) is 0.667. The van der Waals surface area contributed by atoms with Crippen LogP contribution in [-0.4, -0.2) is 31.6 Å². The molecule has 1 aliphatic rings. The van der Waals surface area contributed by atoms with Gasteiger partial charge in [0.1, 0.15) is 5.76 Å². The predicted molar refractivity (Wildman–Crippen MR) is 60.8 cm³/mol. The van der Waals surface area contributed by atoms with Gasteiger partial charge in [0.15, 0.2) is 0 Å². The summed E-state index contributed by atoms with van der Waals surface area (Å²) < 4.78 is 5.38. The summed E-state index contributed by atoms with van der Waals surface area (Å²) in [7, 11) is 2.19. The molecule has 0 aromatic carbocycles. The van der Waals surface area contributed by atoms with Crippen LogP contribution in [0.3, 0.4) is 0 Å². The Kier molecular flexibility index (Phi) is 3.44. The first kappa shape index (κ1) is 10.7. The van der Waals surface area contributed by atoms with Crippen LogP contribution in [-0.2, 0) is 6.54 Å². The molecular weight excluding hydrogens is 188 g/mol. The molecule has 3 heteroatoms. The summed E-state index contributed by atoms with van der Waals surface area (Å²) in [5.74, 6) is 1.88. The van der Waals surface area contributed by atoms with Crippen LogP contribution < -0.4 is 5.32 Å². The minimum Gasteiger partial charge on any atom is -0.468 e. The van der Waals surface area contributed by atoms with Crippen molar-refractivity contribution in [2.75, 3.05) is 26.7 Å². The minimum absolute atomic E-state index is 0.810. The lowest BCUT2D eigenvalue weighted by atomic mass is 10.1. The highest BCUT2D eigenvalue weighted by Crippen LogP contribution is 2.13. The molecule has 0 saturated carbocycles. The highest BCUT2D eigenvalue weighted by Gasteiger charge is 2.18.